The van der Waals surface area contributed by atoms with Crippen molar-refractivity contribution < 1.29 is 0 Å². The number of azo groups is 1. The molecule has 2 nitrogen and oxygen atoms in total. The average molecular weight is 242 g/mol. The van der Waals surface area contributed by atoms with Gasteiger partial charge >= 0.3 is 0 Å². The van der Waals surface area contributed by atoms with Crippen LogP contribution < -0.4 is 0 Å². The topological polar surface area (TPSA) is 24.7 Å². The summed E-state index contributed by atoms with van der Waals surface area (Å²) in [5.41, 5.74) is 0. The van der Waals surface area contributed by atoms with Crippen LogP contribution in [0, 0.1) is 47.3 Å². The van der Waals surface area contributed by atoms with Gasteiger partial charge in [0.1, 0.15) is 0 Å². The van der Waals surface area contributed by atoms with Crippen molar-refractivity contribution in [1.29, 1.82) is 0 Å². The van der Waals surface area contributed by atoms with E-state index >= 15 is 0 Å². The van der Waals surface area contributed by atoms with Gasteiger partial charge in [0.2, 0.25) is 0 Å². The minimum atomic E-state index is 0.676. The molecular weight excluding hydrogens is 220 g/mol. The maximum Gasteiger partial charge on any atom is 0.0776 e. The van der Waals surface area contributed by atoms with Gasteiger partial charge in [-0.05, 0) is 85.9 Å². The molecule has 0 N–H and O–H groups in total. The van der Waals surface area contributed by atoms with E-state index in [2.05, 4.69) is 0 Å². The highest BCUT2D eigenvalue weighted by atomic mass is 15.2. The number of hydrogen-bond donors (Lipinski definition) is 0. The van der Waals surface area contributed by atoms with E-state index in [1.54, 1.807) is 12.8 Å². The summed E-state index contributed by atoms with van der Waals surface area (Å²) in [6, 6.07) is 1.35. The van der Waals surface area contributed by atoms with Gasteiger partial charge in [-0.1, -0.05) is 0 Å². The Balaban J connectivity index is 1.51. The van der Waals surface area contributed by atoms with Crippen LogP contribution in [0.25, 0.3) is 0 Å². The molecule has 18 heavy (non-hydrogen) atoms. The van der Waals surface area contributed by atoms with Crippen molar-refractivity contribution in [2.45, 2.75) is 50.6 Å². The van der Waals surface area contributed by atoms with E-state index in [-0.39, 0.29) is 0 Å². The normalized spacial score (nSPS) is 69.8. The first-order valence-corrected chi connectivity index (χ1v) is 8.32. The van der Waals surface area contributed by atoms with Gasteiger partial charge < -0.3 is 0 Å². The molecule has 2 heteroatoms. The minimum absolute atomic E-state index is 0.676. The van der Waals surface area contributed by atoms with Gasteiger partial charge in [-0.2, -0.15) is 10.2 Å². The molecule has 0 saturated heterocycles. The fourth-order valence-electron chi connectivity index (χ4n) is 7.76. The van der Waals surface area contributed by atoms with Gasteiger partial charge in [-0.3, -0.25) is 0 Å². The highest BCUT2D eigenvalue weighted by molar-refractivity contribution is 5.19. The molecule has 7 rings (SSSR count). The van der Waals surface area contributed by atoms with E-state index in [0.29, 0.717) is 12.1 Å². The first-order valence-electron chi connectivity index (χ1n) is 8.32. The fourth-order valence-corrected chi connectivity index (χ4v) is 7.76. The van der Waals surface area contributed by atoms with Gasteiger partial charge in [0, 0.05) is 0 Å². The van der Waals surface area contributed by atoms with E-state index in [0.717, 1.165) is 47.3 Å². The molecule has 7 aliphatic rings. The molecule has 5 saturated carbocycles. The van der Waals surface area contributed by atoms with Crippen molar-refractivity contribution in [3.63, 3.8) is 0 Å². The minimum Gasteiger partial charge on any atom is -0.190 e. The predicted octanol–water partition coefficient (Wildman–Crippen LogP) is 3.53. The molecule has 8 unspecified atom stereocenters. The summed E-state index contributed by atoms with van der Waals surface area (Å²) in [7, 11) is 0. The Bertz CT molecular complexity index is 372. The van der Waals surface area contributed by atoms with Crippen LogP contribution in [-0.2, 0) is 0 Å². The Hall–Kier alpha value is -0.400. The molecule has 0 aromatic heterocycles. The predicted molar refractivity (Wildman–Crippen MR) is 68.1 cm³/mol. The van der Waals surface area contributed by atoms with Crippen molar-refractivity contribution in [2.75, 3.05) is 0 Å². The third-order valence-electron chi connectivity index (χ3n) is 8.00. The quantitative estimate of drug-likeness (QED) is 0.621. The van der Waals surface area contributed by atoms with Gasteiger partial charge in [0.25, 0.3) is 0 Å². The second-order valence-electron chi connectivity index (χ2n) is 8.19. The SMILES string of the molecule is C1CC2CC1C1C3N=NC(C21)C1C2CCC(C2)C31. The maximum atomic E-state index is 4.85. The second kappa shape index (κ2) is 2.86. The highest BCUT2D eigenvalue weighted by Gasteiger charge is 2.67. The molecule has 0 aromatic rings. The van der Waals surface area contributed by atoms with Crippen LogP contribution >= 0.6 is 0 Å². The van der Waals surface area contributed by atoms with Gasteiger partial charge in [0.15, 0.2) is 0 Å². The van der Waals surface area contributed by atoms with Gasteiger partial charge in [-0.25, -0.2) is 0 Å². The standard InChI is InChI=1S/C16H22N2/c1-2-8-5-7(1)11-12(8)16-14-10-4-3-9(6-10)13(14)15(11)17-18-16/h7-16H,1-6H2. The monoisotopic (exact) mass is 242 g/mol. The Morgan fingerprint density at radius 3 is 1.17 bits per heavy atom. The summed E-state index contributed by atoms with van der Waals surface area (Å²) in [5.74, 6) is 8.11. The Kier molecular flexibility index (Phi) is 1.51. The first kappa shape index (κ1) is 9.50. The largest absolute Gasteiger partial charge is 0.190 e. The first-order chi connectivity index (χ1) is 8.92. The summed E-state index contributed by atoms with van der Waals surface area (Å²) in [6.07, 6.45) is 9.18. The zero-order valence-electron chi connectivity index (χ0n) is 10.9. The Labute approximate surface area is 109 Å². The molecule has 0 amide bonds. The summed E-state index contributed by atoms with van der Waals surface area (Å²) < 4.78 is 0. The average Bonchev–Trinajstić information content (AvgIpc) is 3.19. The van der Waals surface area contributed by atoms with Crippen LogP contribution in [0.2, 0.25) is 0 Å². The van der Waals surface area contributed by atoms with Crippen LogP contribution in [0.5, 0.6) is 0 Å². The maximum absolute atomic E-state index is 4.85. The molecule has 2 aliphatic heterocycles. The molecule has 5 fully saturated rings. The van der Waals surface area contributed by atoms with E-state index in [1.807, 2.05) is 0 Å². The molecule has 96 valence electrons. The zero-order valence-corrected chi connectivity index (χ0v) is 10.9. The summed E-state index contributed by atoms with van der Waals surface area (Å²) in [6.45, 7) is 0. The molecule has 8 atom stereocenters. The van der Waals surface area contributed by atoms with Gasteiger partial charge in [0.05, 0.1) is 12.1 Å². The molecule has 0 radical (unpaired) electrons. The molecule has 6 bridgehead atoms. The lowest BCUT2D eigenvalue weighted by atomic mass is 9.54. The lowest BCUT2D eigenvalue weighted by molar-refractivity contribution is -0.0297. The van der Waals surface area contributed by atoms with E-state index < -0.39 is 0 Å². The molecule has 2 heterocycles. The summed E-state index contributed by atoms with van der Waals surface area (Å²) in [4.78, 5) is 0. The lowest BCUT2D eigenvalue weighted by Gasteiger charge is -2.54. The van der Waals surface area contributed by atoms with Crippen LogP contribution in [0.3, 0.4) is 0 Å². The number of fused-ring (bicyclic) bond motifs is 4. The third kappa shape index (κ3) is 0.849. The van der Waals surface area contributed by atoms with Crippen LogP contribution in [0.4, 0.5) is 0 Å². The van der Waals surface area contributed by atoms with Crippen molar-refractivity contribution in [3.8, 4) is 0 Å². The Morgan fingerprint density at radius 1 is 0.500 bits per heavy atom. The molecular formula is C16H22N2. The number of rotatable bonds is 0. The highest BCUT2D eigenvalue weighted by Crippen LogP contribution is 2.69. The zero-order chi connectivity index (χ0) is 11.4. The second-order valence-corrected chi connectivity index (χ2v) is 8.19. The molecule has 0 aromatic carbocycles. The van der Waals surface area contributed by atoms with Crippen LogP contribution in [-0.4, -0.2) is 12.1 Å². The van der Waals surface area contributed by atoms with Crippen molar-refractivity contribution in [1.82, 2.24) is 0 Å². The fraction of sp³-hybridized carbons (Fsp3) is 1.00. The van der Waals surface area contributed by atoms with E-state index in [1.165, 1.54) is 25.7 Å². The Morgan fingerprint density at radius 2 is 0.833 bits per heavy atom. The van der Waals surface area contributed by atoms with E-state index in [4.69, 9.17) is 10.2 Å². The number of hydrogen-bond acceptors (Lipinski definition) is 2. The molecule has 0 spiro atoms. The van der Waals surface area contributed by atoms with Crippen molar-refractivity contribution in [2.24, 2.45) is 57.6 Å². The smallest absolute Gasteiger partial charge is 0.0776 e. The number of nitrogens with zero attached hydrogens (tertiary/aromatic N) is 2. The van der Waals surface area contributed by atoms with Crippen LogP contribution in [0.15, 0.2) is 10.2 Å². The van der Waals surface area contributed by atoms with Gasteiger partial charge in [-0.15, -0.1) is 0 Å². The molecule has 5 aliphatic carbocycles. The van der Waals surface area contributed by atoms with Crippen molar-refractivity contribution in [3.05, 3.63) is 0 Å². The third-order valence-corrected chi connectivity index (χ3v) is 8.00. The lowest BCUT2D eigenvalue weighted by Crippen LogP contribution is -2.57. The van der Waals surface area contributed by atoms with Crippen molar-refractivity contribution >= 4 is 0 Å². The van der Waals surface area contributed by atoms with E-state index in [9.17, 15) is 0 Å². The summed E-state index contributed by atoms with van der Waals surface area (Å²) in [5, 5.41) is 9.69. The summed E-state index contributed by atoms with van der Waals surface area (Å²) >= 11 is 0. The van der Waals surface area contributed by atoms with Crippen LogP contribution in [0.1, 0.15) is 38.5 Å².